The van der Waals surface area contributed by atoms with E-state index < -0.39 is 11.9 Å². The van der Waals surface area contributed by atoms with Crippen LogP contribution in [0.3, 0.4) is 0 Å². The van der Waals surface area contributed by atoms with Crippen LogP contribution in [0.15, 0.2) is 6.07 Å². The van der Waals surface area contributed by atoms with Crippen molar-refractivity contribution >= 4 is 28.8 Å². The number of anilines is 2. The first-order valence-electron chi connectivity index (χ1n) is 8.58. The highest BCUT2D eigenvalue weighted by Gasteiger charge is 2.42. The monoisotopic (exact) mass is 377 g/mol. The van der Waals surface area contributed by atoms with Crippen LogP contribution in [0.4, 0.5) is 21.0 Å². The number of benzene rings is 1. The molecule has 3 aliphatic rings. The van der Waals surface area contributed by atoms with Crippen LogP contribution in [0.2, 0.25) is 0 Å². The van der Waals surface area contributed by atoms with E-state index in [-0.39, 0.29) is 34.9 Å². The number of methoxy groups -OCH3 is 2. The third kappa shape index (κ3) is 2.63. The van der Waals surface area contributed by atoms with Crippen molar-refractivity contribution in [3.05, 3.63) is 11.9 Å². The summed E-state index contributed by atoms with van der Waals surface area (Å²) in [5.41, 5.74) is 6.12. The van der Waals surface area contributed by atoms with Gasteiger partial charge in [0.05, 0.1) is 20.3 Å². The molecule has 3 saturated heterocycles. The molecule has 0 radical (unpaired) electrons. The van der Waals surface area contributed by atoms with Gasteiger partial charge in [-0.2, -0.15) is 4.98 Å². The van der Waals surface area contributed by atoms with Gasteiger partial charge in [-0.3, -0.25) is 0 Å². The van der Waals surface area contributed by atoms with Crippen LogP contribution >= 0.6 is 0 Å². The largest absolute Gasteiger partial charge is 0.493 e. The Morgan fingerprint density at radius 1 is 1.26 bits per heavy atom. The topological polar surface area (TPSA) is 114 Å². The second-order valence-electron chi connectivity index (χ2n) is 6.70. The molecular weight excluding hydrogens is 357 g/mol. The summed E-state index contributed by atoms with van der Waals surface area (Å²) >= 11 is 0. The fourth-order valence-corrected chi connectivity index (χ4v) is 3.97. The lowest BCUT2D eigenvalue weighted by Gasteiger charge is -2.50. The van der Waals surface area contributed by atoms with Crippen LogP contribution in [0.1, 0.15) is 12.8 Å². The van der Waals surface area contributed by atoms with Crippen LogP contribution in [-0.4, -0.2) is 65.5 Å². The maximum Gasteiger partial charge on any atom is 0.407 e. The van der Waals surface area contributed by atoms with Gasteiger partial charge < -0.3 is 30.1 Å². The van der Waals surface area contributed by atoms with Crippen molar-refractivity contribution in [2.75, 3.05) is 37.9 Å². The lowest BCUT2D eigenvalue weighted by atomic mass is 9.91. The number of nitrogens with zero attached hydrogens (tertiary/aromatic N) is 4. The fourth-order valence-electron chi connectivity index (χ4n) is 3.97. The molecule has 2 bridgehead atoms. The molecule has 2 atom stereocenters. The van der Waals surface area contributed by atoms with Crippen molar-refractivity contribution in [2.45, 2.75) is 24.9 Å². The number of halogens is 1. The predicted octanol–water partition coefficient (Wildman–Crippen LogP) is 1.70. The first-order valence-corrected chi connectivity index (χ1v) is 8.58. The summed E-state index contributed by atoms with van der Waals surface area (Å²) in [6.07, 6.45) is 0.686. The highest BCUT2D eigenvalue weighted by atomic mass is 19.1. The summed E-state index contributed by atoms with van der Waals surface area (Å²) < 4.78 is 25.2. The van der Waals surface area contributed by atoms with E-state index in [0.717, 1.165) is 12.8 Å². The van der Waals surface area contributed by atoms with Crippen molar-refractivity contribution in [1.82, 2.24) is 14.9 Å². The number of piperazine rings is 1. The van der Waals surface area contributed by atoms with Gasteiger partial charge in [0.15, 0.2) is 17.3 Å². The first kappa shape index (κ1) is 17.4. The molecule has 0 aliphatic carbocycles. The number of rotatable bonds is 3. The molecule has 1 aromatic heterocycles. The molecule has 3 fully saturated rings. The summed E-state index contributed by atoms with van der Waals surface area (Å²) in [5, 5.41) is 9.66. The molecule has 3 N–H and O–H groups in total. The first-order chi connectivity index (χ1) is 12.9. The lowest BCUT2D eigenvalue weighted by Crippen LogP contribution is -2.64. The zero-order valence-electron chi connectivity index (χ0n) is 15.0. The second kappa shape index (κ2) is 6.29. The number of amides is 1. The Kier molecular flexibility index (Phi) is 4.05. The zero-order chi connectivity index (χ0) is 19.3. The Morgan fingerprint density at radius 3 is 2.59 bits per heavy atom. The van der Waals surface area contributed by atoms with Crippen molar-refractivity contribution in [3.8, 4) is 11.5 Å². The molecule has 0 saturated carbocycles. The number of aromatic nitrogens is 2. The maximum absolute atomic E-state index is 14.9. The maximum atomic E-state index is 14.9. The number of carboxylic acid groups (broad SMARTS) is 1. The van der Waals surface area contributed by atoms with Gasteiger partial charge in [-0.15, -0.1) is 0 Å². The number of fused-ring (bicyclic) bond motifs is 4. The normalized spacial score (nSPS) is 21.6. The van der Waals surface area contributed by atoms with E-state index in [2.05, 4.69) is 9.97 Å². The summed E-state index contributed by atoms with van der Waals surface area (Å²) in [6, 6.07) is 1.35. The summed E-state index contributed by atoms with van der Waals surface area (Å²) in [7, 11) is 2.76. The zero-order valence-corrected chi connectivity index (χ0v) is 15.0. The molecule has 1 amide bonds. The van der Waals surface area contributed by atoms with Gasteiger partial charge in [-0.05, 0) is 18.9 Å². The molecule has 2 aromatic rings. The molecule has 4 heterocycles. The smallest absolute Gasteiger partial charge is 0.407 e. The molecule has 27 heavy (non-hydrogen) atoms. The molecule has 2 unspecified atom stereocenters. The Labute approximate surface area is 154 Å². The van der Waals surface area contributed by atoms with Gasteiger partial charge in [-0.25, -0.2) is 14.2 Å². The number of nitrogens with two attached hydrogens (primary N) is 1. The number of ether oxygens (including phenoxy) is 2. The quantitative estimate of drug-likeness (QED) is 0.831. The van der Waals surface area contributed by atoms with Crippen LogP contribution in [-0.2, 0) is 0 Å². The van der Waals surface area contributed by atoms with E-state index in [1.165, 1.54) is 19.1 Å². The van der Waals surface area contributed by atoms with Crippen LogP contribution in [0.5, 0.6) is 11.5 Å². The van der Waals surface area contributed by atoms with Crippen molar-refractivity contribution in [1.29, 1.82) is 0 Å². The average molecular weight is 377 g/mol. The van der Waals surface area contributed by atoms with Crippen LogP contribution in [0, 0.1) is 5.82 Å². The number of nitrogen functional groups attached to an aromatic ring is 1. The van der Waals surface area contributed by atoms with Gasteiger partial charge in [0, 0.05) is 24.5 Å². The molecule has 5 rings (SSSR count). The van der Waals surface area contributed by atoms with Gasteiger partial charge in [0.1, 0.15) is 11.3 Å². The van der Waals surface area contributed by atoms with Gasteiger partial charge in [0.2, 0.25) is 5.95 Å². The number of piperidine rings is 2. The Morgan fingerprint density at radius 2 is 2.00 bits per heavy atom. The number of carbonyl (C=O) groups is 1. The molecule has 3 aliphatic heterocycles. The molecule has 0 spiro atoms. The fraction of sp³-hybridized carbons (Fsp3) is 0.471. The van der Waals surface area contributed by atoms with Crippen LogP contribution < -0.4 is 20.1 Å². The van der Waals surface area contributed by atoms with Gasteiger partial charge in [-0.1, -0.05) is 0 Å². The minimum atomic E-state index is -0.925. The van der Waals surface area contributed by atoms with Gasteiger partial charge in [0.25, 0.3) is 0 Å². The summed E-state index contributed by atoms with van der Waals surface area (Å²) in [4.78, 5) is 23.5. The molecule has 9 nitrogen and oxygen atoms in total. The van der Waals surface area contributed by atoms with E-state index in [1.807, 2.05) is 4.90 Å². The third-order valence-corrected chi connectivity index (χ3v) is 5.33. The Hall–Kier alpha value is -3.04. The van der Waals surface area contributed by atoms with E-state index in [9.17, 15) is 14.3 Å². The Bertz CT molecular complexity index is 924. The van der Waals surface area contributed by atoms with Crippen molar-refractivity contribution in [2.24, 2.45) is 0 Å². The standard InChI is InChI=1S/C17H20FN5O4/c1-26-11-5-10-13(12(18)14(11)27-2)20-16(21-15(10)19)22-6-9-4-3-8(22)7-23(9)17(24)25/h5,8-9H,3-4,6-7H2,1-2H3,(H,24,25)(H2,19,20,21). The summed E-state index contributed by atoms with van der Waals surface area (Å²) in [5.74, 6) is -0.0836. The van der Waals surface area contributed by atoms with E-state index in [1.54, 1.807) is 6.07 Å². The SMILES string of the molecule is COc1cc2c(N)nc(N3CC4CCC3CN4C(=O)O)nc2c(F)c1OC. The predicted molar refractivity (Wildman–Crippen MR) is 95.9 cm³/mol. The minimum Gasteiger partial charge on any atom is -0.493 e. The number of hydrogen-bond donors (Lipinski definition) is 2. The van der Waals surface area contributed by atoms with Gasteiger partial charge >= 0.3 is 6.09 Å². The molecule has 1 aromatic carbocycles. The highest BCUT2D eigenvalue weighted by molar-refractivity contribution is 5.92. The molecule has 144 valence electrons. The lowest BCUT2D eigenvalue weighted by molar-refractivity contribution is 0.0800. The van der Waals surface area contributed by atoms with E-state index >= 15 is 0 Å². The van der Waals surface area contributed by atoms with E-state index in [0.29, 0.717) is 24.4 Å². The average Bonchev–Trinajstić information content (AvgIpc) is 2.68. The van der Waals surface area contributed by atoms with Crippen molar-refractivity contribution in [3.63, 3.8) is 0 Å². The number of hydrogen-bond acceptors (Lipinski definition) is 7. The highest BCUT2D eigenvalue weighted by Crippen LogP contribution is 2.39. The third-order valence-electron chi connectivity index (χ3n) is 5.33. The summed E-state index contributed by atoms with van der Waals surface area (Å²) in [6.45, 7) is 0.826. The molecule has 10 heteroatoms. The Balaban J connectivity index is 1.78. The van der Waals surface area contributed by atoms with Crippen molar-refractivity contribution < 1.29 is 23.8 Å². The van der Waals surface area contributed by atoms with Crippen LogP contribution in [0.25, 0.3) is 10.9 Å². The second-order valence-corrected chi connectivity index (χ2v) is 6.70. The van der Waals surface area contributed by atoms with E-state index in [4.69, 9.17) is 15.2 Å². The molecular formula is C17H20FN5O4. The minimum absolute atomic E-state index is 0.0479.